The Hall–Kier alpha value is -0.260. The van der Waals surface area contributed by atoms with Crippen LogP contribution in [0.15, 0.2) is 12.2 Å². The van der Waals surface area contributed by atoms with Crippen molar-refractivity contribution in [3.05, 3.63) is 12.2 Å². The van der Waals surface area contributed by atoms with Crippen molar-refractivity contribution >= 4 is 0 Å². The van der Waals surface area contributed by atoms with Crippen molar-refractivity contribution in [3.8, 4) is 0 Å². The number of allylic oxidation sites excluding steroid dienone is 2. The van der Waals surface area contributed by atoms with Gasteiger partial charge in [0.15, 0.2) is 0 Å². The fourth-order valence-electron chi connectivity index (χ4n) is 0.984. The van der Waals surface area contributed by atoms with Crippen LogP contribution in [0, 0.1) is 17.8 Å². The monoisotopic (exact) mass is 124 g/mol. The van der Waals surface area contributed by atoms with Gasteiger partial charge >= 0.3 is 0 Å². The third-order valence-electron chi connectivity index (χ3n) is 1.91. The second kappa shape index (κ2) is 2.55. The second-order valence-corrected chi connectivity index (χ2v) is 3.51. The van der Waals surface area contributed by atoms with Crippen LogP contribution in [0.25, 0.3) is 0 Å². The van der Waals surface area contributed by atoms with Crippen molar-refractivity contribution in [1.29, 1.82) is 0 Å². The third kappa shape index (κ3) is 2.21. The second-order valence-electron chi connectivity index (χ2n) is 3.51. The van der Waals surface area contributed by atoms with Gasteiger partial charge in [-0.1, -0.05) is 32.9 Å². The first-order valence-corrected chi connectivity index (χ1v) is 3.88. The highest BCUT2D eigenvalue weighted by atomic mass is 14.3. The molecule has 1 aliphatic carbocycles. The van der Waals surface area contributed by atoms with E-state index in [0.717, 1.165) is 17.8 Å². The van der Waals surface area contributed by atoms with E-state index >= 15 is 0 Å². The lowest BCUT2D eigenvalue weighted by molar-refractivity contribution is 0.812. The van der Waals surface area contributed by atoms with Crippen LogP contribution in [0.3, 0.4) is 0 Å². The molecular weight excluding hydrogens is 108 g/mol. The van der Waals surface area contributed by atoms with Crippen LogP contribution in [0.2, 0.25) is 0 Å². The Balaban J connectivity index is 2.18. The Morgan fingerprint density at radius 1 is 1.44 bits per heavy atom. The quantitative estimate of drug-likeness (QED) is 0.496. The van der Waals surface area contributed by atoms with E-state index in [2.05, 4.69) is 32.9 Å². The largest absolute Gasteiger partial charge is 0.0857 e. The summed E-state index contributed by atoms with van der Waals surface area (Å²) in [4.78, 5) is 0. The van der Waals surface area contributed by atoms with Crippen LogP contribution in [-0.4, -0.2) is 0 Å². The fraction of sp³-hybridized carbons (Fsp3) is 0.778. The topological polar surface area (TPSA) is 0 Å². The molecular formula is C9H16. The molecule has 0 heterocycles. The summed E-state index contributed by atoms with van der Waals surface area (Å²) < 4.78 is 0. The summed E-state index contributed by atoms with van der Waals surface area (Å²) in [6, 6.07) is 0. The molecule has 0 bridgehead atoms. The van der Waals surface area contributed by atoms with Gasteiger partial charge in [0.2, 0.25) is 0 Å². The Morgan fingerprint density at radius 3 is 2.33 bits per heavy atom. The molecule has 0 saturated heterocycles. The number of rotatable bonds is 2. The zero-order valence-corrected chi connectivity index (χ0v) is 6.59. The summed E-state index contributed by atoms with van der Waals surface area (Å²) in [5.41, 5.74) is 0. The van der Waals surface area contributed by atoms with Crippen molar-refractivity contribution in [3.63, 3.8) is 0 Å². The molecule has 1 saturated carbocycles. The molecule has 1 rings (SSSR count). The first-order chi connectivity index (χ1) is 4.20. The molecule has 9 heavy (non-hydrogen) atoms. The van der Waals surface area contributed by atoms with Gasteiger partial charge in [-0.2, -0.15) is 0 Å². The molecule has 0 nitrogen and oxygen atoms in total. The van der Waals surface area contributed by atoms with E-state index in [1.54, 1.807) is 0 Å². The van der Waals surface area contributed by atoms with Crippen molar-refractivity contribution in [2.75, 3.05) is 0 Å². The minimum Gasteiger partial charge on any atom is -0.0857 e. The summed E-state index contributed by atoms with van der Waals surface area (Å²) in [6.45, 7) is 6.77. The SMILES string of the molecule is CC(C)C=CC1CC1C. The molecule has 0 spiro atoms. The maximum absolute atomic E-state index is 2.37. The van der Waals surface area contributed by atoms with Gasteiger partial charge in [0.05, 0.1) is 0 Å². The smallest absolute Gasteiger partial charge is 0.0205 e. The third-order valence-corrected chi connectivity index (χ3v) is 1.91. The zero-order chi connectivity index (χ0) is 6.85. The van der Waals surface area contributed by atoms with E-state index in [1.165, 1.54) is 6.42 Å². The van der Waals surface area contributed by atoms with Gasteiger partial charge in [0.25, 0.3) is 0 Å². The Bertz CT molecular complexity index is 111. The Morgan fingerprint density at radius 2 is 2.00 bits per heavy atom. The van der Waals surface area contributed by atoms with Gasteiger partial charge < -0.3 is 0 Å². The molecule has 2 unspecified atom stereocenters. The van der Waals surface area contributed by atoms with Crippen LogP contribution in [0.4, 0.5) is 0 Å². The van der Waals surface area contributed by atoms with Gasteiger partial charge in [-0.05, 0) is 24.2 Å². The highest BCUT2D eigenvalue weighted by Crippen LogP contribution is 2.38. The molecule has 0 aliphatic heterocycles. The molecule has 0 heteroatoms. The van der Waals surface area contributed by atoms with Gasteiger partial charge in [-0.3, -0.25) is 0 Å². The summed E-state index contributed by atoms with van der Waals surface area (Å²) in [6.07, 6.45) is 6.10. The summed E-state index contributed by atoms with van der Waals surface area (Å²) in [7, 11) is 0. The lowest BCUT2D eigenvalue weighted by Crippen LogP contribution is -1.78. The Labute approximate surface area is 58.0 Å². The molecule has 0 amide bonds. The van der Waals surface area contributed by atoms with Gasteiger partial charge in [0, 0.05) is 0 Å². The Kier molecular flexibility index (Phi) is 1.94. The predicted octanol–water partition coefficient (Wildman–Crippen LogP) is 2.85. The van der Waals surface area contributed by atoms with E-state index in [-0.39, 0.29) is 0 Å². The van der Waals surface area contributed by atoms with Gasteiger partial charge in [-0.25, -0.2) is 0 Å². The van der Waals surface area contributed by atoms with E-state index in [4.69, 9.17) is 0 Å². The summed E-state index contributed by atoms with van der Waals surface area (Å²) >= 11 is 0. The van der Waals surface area contributed by atoms with Crippen molar-refractivity contribution < 1.29 is 0 Å². The normalized spacial score (nSPS) is 34.2. The zero-order valence-electron chi connectivity index (χ0n) is 6.59. The van der Waals surface area contributed by atoms with E-state index < -0.39 is 0 Å². The average molecular weight is 124 g/mol. The molecule has 0 aromatic carbocycles. The molecule has 2 atom stereocenters. The van der Waals surface area contributed by atoms with Crippen LogP contribution in [0.1, 0.15) is 27.2 Å². The van der Waals surface area contributed by atoms with E-state index in [1.807, 2.05) is 0 Å². The lowest BCUT2D eigenvalue weighted by Gasteiger charge is -1.90. The van der Waals surface area contributed by atoms with Crippen molar-refractivity contribution in [2.24, 2.45) is 17.8 Å². The van der Waals surface area contributed by atoms with E-state index in [0.29, 0.717) is 0 Å². The minimum absolute atomic E-state index is 0.734. The molecule has 0 aromatic heterocycles. The van der Waals surface area contributed by atoms with Crippen molar-refractivity contribution in [2.45, 2.75) is 27.2 Å². The van der Waals surface area contributed by atoms with Crippen LogP contribution < -0.4 is 0 Å². The highest BCUT2D eigenvalue weighted by molar-refractivity contribution is 5.00. The van der Waals surface area contributed by atoms with Gasteiger partial charge in [-0.15, -0.1) is 0 Å². The molecule has 0 aromatic rings. The number of hydrogen-bond donors (Lipinski definition) is 0. The maximum Gasteiger partial charge on any atom is -0.0205 e. The highest BCUT2D eigenvalue weighted by Gasteiger charge is 2.29. The average Bonchev–Trinajstić information content (AvgIpc) is 2.42. The molecule has 0 radical (unpaired) electrons. The maximum atomic E-state index is 2.37. The molecule has 0 N–H and O–H groups in total. The number of hydrogen-bond acceptors (Lipinski definition) is 0. The summed E-state index contributed by atoms with van der Waals surface area (Å²) in [5.74, 6) is 2.63. The fourth-order valence-corrected chi connectivity index (χ4v) is 0.984. The minimum atomic E-state index is 0.734. The molecule has 1 aliphatic rings. The van der Waals surface area contributed by atoms with Crippen molar-refractivity contribution in [1.82, 2.24) is 0 Å². The van der Waals surface area contributed by atoms with E-state index in [9.17, 15) is 0 Å². The molecule has 1 fully saturated rings. The standard InChI is InChI=1S/C9H16/c1-7(2)4-5-9-6-8(9)3/h4-5,7-9H,6H2,1-3H3. The van der Waals surface area contributed by atoms with Crippen LogP contribution in [-0.2, 0) is 0 Å². The lowest BCUT2D eigenvalue weighted by atomic mass is 10.2. The molecule has 52 valence electrons. The van der Waals surface area contributed by atoms with Crippen LogP contribution >= 0.6 is 0 Å². The summed E-state index contributed by atoms with van der Waals surface area (Å²) in [5, 5.41) is 0. The van der Waals surface area contributed by atoms with Gasteiger partial charge in [0.1, 0.15) is 0 Å². The predicted molar refractivity (Wildman–Crippen MR) is 41.2 cm³/mol. The first-order valence-electron chi connectivity index (χ1n) is 3.88. The first kappa shape index (κ1) is 6.85. The van der Waals surface area contributed by atoms with Crippen LogP contribution in [0.5, 0.6) is 0 Å².